The number of hydrogen-bond donors (Lipinski definition) is 3. The molecule has 0 aliphatic heterocycles. The van der Waals surface area contributed by atoms with Gasteiger partial charge in [-0.25, -0.2) is 4.79 Å². The predicted octanol–water partition coefficient (Wildman–Crippen LogP) is -0.0898. The van der Waals surface area contributed by atoms with Crippen LogP contribution in [0, 0.1) is 0 Å². The van der Waals surface area contributed by atoms with E-state index < -0.39 is 11.6 Å². The summed E-state index contributed by atoms with van der Waals surface area (Å²) in [7, 11) is 1.45. The van der Waals surface area contributed by atoms with Gasteiger partial charge in [0.15, 0.2) is 0 Å². The minimum atomic E-state index is -1.01. The molecule has 0 saturated heterocycles. The number of nitrogens with one attached hydrogen (secondary N) is 1. The van der Waals surface area contributed by atoms with E-state index in [2.05, 4.69) is 5.32 Å². The van der Waals surface area contributed by atoms with Crippen molar-refractivity contribution in [2.24, 2.45) is 5.73 Å². The van der Waals surface area contributed by atoms with Gasteiger partial charge in [0.2, 0.25) is 5.91 Å². The summed E-state index contributed by atoms with van der Waals surface area (Å²) in [6.07, 6.45) is 0. The van der Waals surface area contributed by atoms with Crippen LogP contribution in [0.15, 0.2) is 0 Å². The Hall–Kier alpha value is -1.30. The quantitative estimate of drug-likeness (QED) is 0.633. The molecule has 0 atom stereocenters. The van der Waals surface area contributed by atoms with Crippen LogP contribution < -0.4 is 11.1 Å². The van der Waals surface area contributed by atoms with Crippen LogP contribution in [-0.4, -0.2) is 47.7 Å². The van der Waals surface area contributed by atoms with Gasteiger partial charge in [0, 0.05) is 13.6 Å². The lowest BCUT2D eigenvalue weighted by Crippen LogP contribution is -2.57. The first-order valence-corrected chi connectivity index (χ1v) is 5.26. The number of likely N-dealkylation sites (N-methyl/N-ethyl adjacent to an activating group) is 1. The third-order valence-electron chi connectivity index (χ3n) is 2.12. The van der Waals surface area contributed by atoms with Gasteiger partial charge in [0.05, 0.1) is 6.61 Å². The number of hydrogen-bond acceptors (Lipinski definition) is 3. The molecule has 0 rings (SSSR count). The average molecular weight is 233 g/mol. The largest absolute Gasteiger partial charge is 0.395 e. The van der Waals surface area contributed by atoms with Crippen LogP contribution in [-0.2, 0) is 4.79 Å². The topological polar surface area (TPSA) is 95.7 Å². The number of carbonyl (C=O) groups excluding carboxylic acids is 2. The Kier molecular flexibility index (Phi) is 8.47. The highest BCUT2D eigenvalue weighted by Crippen LogP contribution is 2.11. The Bertz CT molecular complexity index is 229. The van der Waals surface area contributed by atoms with Crippen molar-refractivity contribution in [1.82, 2.24) is 10.2 Å². The average Bonchev–Trinajstić information content (AvgIpc) is 2.27. The molecule has 0 spiro atoms. The molecule has 3 amide bonds. The molecule has 0 aromatic heterocycles. The van der Waals surface area contributed by atoms with E-state index in [9.17, 15) is 9.59 Å². The van der Waals surface area contributed by atoms with E-state index in [4.69, 9.17) is 10.8 Å². The summed E-state index contributed by atoms with van der Waals surface area (Å²) < 4.78 is 0. The van der Waals surface area contributed by atoms with Gasteiger partial charge in [0.25, 0.3) is 0 Å². The first-order valence-electron chi connectivity index (χ1n) is 5.26. The second-order valence-electron chi connectivity index (χ2n) is 3.44. The van der Waals surface area contributed by atoms with Crippen LogP contribution in [0.5, 0.6) is 0 Å². The fourth-order valence-corrected chi connectivity index (χ4v) is 0.814. The van der Waals surface area contributed by atoms with Crippen molar-refractivity contribution in [3.63, 3.8) is 0 Å². The normalized spacial score (nSPS) is 9.88. The number of urea groups is 1. The third kappa shape index (κ3) is 4.97. The number of primary amides is 1. The summed E-state index contributed by atoms with van der Waals surface area (Å²) in [6, 6.07) is -0.672. The van der Waals surface area contributed by atoms with Crippen molar-refractivity contribution in [1.29, 1.82) is 0 Å². The van der Waals surface area contributed by atoms with Crippen molar-refractivity contribution in [3.8, 4) is 0 Å². The molecule has 16 heavy (non-hydrogen) atoms. The molecule has 6 heteroatoms. The summed E-state index contributed by atoms with van der Waals surface area (Å²) in [4.78, 5) is 23.5. The van der Waals surface area contributed by atoms with Crippen molar-refractivity contribution >= 4 is 11.9 Å². The number of amides is 3. The number of carbonyl (C=O) groups is 2. The van der Waals surface area contributed by atoms with Crippen molar-refractivity contribution < 1.29 is 14.7 Å². The van der Waals surface area contributed by atoms with Gasteiger partial charge in [-0.2, -0.15) is 0 Å². The molecule has 0 heterocycles. The molecule has 0 bridgehead atoms. The lowest BCUT2D eigenvalue weighted by Gasteiger charge is -2.32. The maximum atomic E-state index is 11.5. The van der Waals surface area contributed by atoms with Gasteiger partial charge in [-0.1, -0.05) is 13.8 Å². The zero-order chi connectivity index (χ0) is 13.4. The van der Waals surface area contributed by atoms with Crippen LogP contribution in [0.4, 0.5) is 4.79 Å². The minimum absolute atomic E-state index is 0.137. The highest BCUT2D eigenvalue weighted by atomic mass is 16.3. The van der Waals surface area contributed by atoms with Crippen molar-refractivity contribution in [2.75, 3.05) is 20.2 Å². The van der Waals surface area contributed by atoms with E-state index >= 15 is 0 Å². The van der Waals surface area contributed by atoms with Crippen molar-refractivity contribution in [2.45, 2.75) is 33.2 Å². The zero-order valence-electron chi connectivity index (χ0n) is 10.7. The van der Waals surface area contributed by atoms with Crippen LogP contribution in [0.25, 0.3) is 0 Å². The molecule has 96 valence electrons. The molecule has 0 unspecified atom stereocenters. The maximum Gasteiger partial charge on any atom is 0.315 e. The second kappa shape index (κ2) is 7.92. The highest BCUT2D eigenvalue weighted by Gasteiger charge is 2.33. The summed E-state index contributed by atoms with van der Waals surface area (Å²) in [6.45, 7) is 7.17. The number of aliphatic hydroxyl groups is 1. The Morgan fingerprint density at radius 3 is 2.12 bits per heavy atom. The fraction of sp³-hybridized carbons (Fsp3) is 0.800. The van der Waals surface area contributed by atoms with E-state index in [0.717, 1.165) is 4.90 Å². The number of nitrogens with zero attached hydrogens (tertiary/aromatic N) is 1. The van der Waals surface area contributed by atoms with Gasteiger partial charge < -0.3 is 21.1 Å². The van der Waals surface area contributed by atoms with E-state index in [-0.39, 0.29) is 19.1 Å². The zero-order valence-corrected chi connectivity index (χ0v) is 10.7. The molecule has 0 aromatic rings. The molecule has 0 aliphatic carbocycles. The fourth-order valence-electron chi connectivity index (χ4n) is 0.814. The monoisotopic (exact) mass is 233 g/mol. The summed E-state index contributed by atoms with van der Waals surface area (Å²) in [5.74, 6) is -0.354. The standard InChI is InChI=1S/C8H17N3O3.C2H6/c1-8(2,11(3)7(9)14)6(13)10-4-5-12;1-2/h12H,4-5H2,1-3H3,(H2,9,14)(H,10,13);1-2H3. The van der Waals surface area contributed by atoms with Crippen molar-refractivity contribution in [3.05, 3.63) is 0 Å². The summed E-state index contributed by atoms with van der Waals surface area (Å²) >= 11 is 0. The first-order chi connectivity index (χ1) is 7.34. The summed E-state index contributed by atoms with van der Waals surface area (Å²) in [5.41, 5.74) is 4.03. The smallest absolute Gasteiger partial charge is 0.315 e. The van der Waals surface area contributed by atoms with Crippen LogP contribution >= 0.6 is 0 Å². The SMILES string of the molecule is CC.CN(C(N)=O)C(C)(C)C(=O)NCCO. The van der Waals surface area contributed by atoms with Crippen LogP contribution in [0.3, 0.4) is 0 Å². The van der Waals surface area contributed by atoms with E-state index in [1.54, 1.807) is 13.8 Å². The van der Waals surface area contributed by atoms with Gasteiger partial charge in [-0.15, -0.1) is 0 Å². The van der Waals surface area contributed by atoms with E-state index in [1.165, 1.54) is 7.05 Å². The molecule has 4 N–H and O–H groups in total. The Morgan fingerprint density at radius 1 is 1.38 bits per heavy atom. The van der Waals surface area contributed by atoms with Crippen LogP contribution in [0.2, 0.25) is 0 Å². The number of rotatable bonds is 4. The van der Waals surface area contributed by atoms with Gasteiger partial charge in [0.1, 0.15) is 5.54 Å². The second-order valence-corrected chi connectivity index (χ2v) is 3.44. The number of aliphatic hydroxyl groups excluding tert-OH is 1. The Balaban J connectivity index is 0. The maximum absolute atomic E-state index is 11.5. The molecular weight excluding hydrogens is 210 g/mol. The van der Waals surface area contributed by atoms with Gasteiger partial charge >= 0.3 is 6.03 Å². The molecule has 0 aliphatic rings. The van der Waals surface area contributed by atoms with E-state index in [0.29, 0.717) is 0 Å². The highest BCUT2D eigenvalue weighted by molar-refractivity contribution is 5.89. The molecule has 0 saturated carbocycles. The predicted molar refractivity (Wildman–Crippen MR) is 62.9 cm³/mol. The lowest BCUT2D eigenvalue weighted by molar-refractivity contribution is -0.129. The summed E-state index contributed by atoms with van der Waals surface area (Å²) in [5, 5.41) is 11.0. The molecule has 0 fully saturated rings. The molecule has 0 radical (unpaired) electrons. The Labute approximate surface area is 96.8 Å². The molecular formula is C10H23N3O3. The first kappa shape index (κ1) is 17.1. The van der Waals surface area contributed by atoms with Crippen LogP contribution in [0.1, 0.15) is 27.7 Å². The third-order valence-corrected chi connectivity index (χ3v) is 2.12. The van der Waals surface area contributed by atoms with Gasteiger partial charge in [-0.3, -0.25) is 4.79 Å². The van der Waals surface area contributed by atoms with Gasteiger partial charge in [-0.05, 0) is 13.8 Å². The number of nitrogens with two attached hydrogens (primary N) is 1. The van der Waals surface area contributed by atoms with E-state index in [1.807, 2.05) is 13.8 Å². The molecule has 6 nitrogen and oxygen atoms in total. The minimum Gasteiger partial charge on any atom is -0.395 e. The molecule has 0 aromatic carbocycles. The lowest BCUT2D eigenvalue weighted by atomic mass is 10.0. The Morgan fingerprint density at radius 2 is 1.81 bits per heavy atom.